The summed E-state index contributed by atoms with van der Waals surface area (Å²) in [5.41, 5.74) is 2.28. The molecule has 0 radical (unpaired) electrons. The lowest BCUT2D eigenvalue weighted by molar-refractivity contribution is 0.391. The minimum atomic E-state index is 0.248. The van der Waals surface area contributed by atoms with Crippen molar-refractivity contribution in [1.82, 2.24) is 10.1 Å². The molecule has 1 heterocycles. The van der Waals surface area contributed by atoms with Crippen molar-refractivity contribution < 1.29 is 4.52 Å². The van der Waals surface area contributed by atoms with Crippen LogP contribution in [0.5, 0.6) is 0 Å². The van der Waals surface area contributed by atoms with Crippen molar-refractivity contribution in [2.45, 2.75) is 26.1 Å². The van der Waals surface area contributed by atoms with Crippen LogP contribution in [-0.4, -0.2) is 10.1 Å². The normalized spacial score (nSPS) is 11.1. The summed E-state index contributed by atoms with van der Waals surface area (Å²) in [6.07, 6.45) is 1.08. The zero-order chi connectivity index (χ0) is 12.3. The number of rotatable bonds is 4. The van der Waals surface area contributed by atoms with Crippen molar-refractivity contribution in [2.24, 2.45) is 5.92 Å². The molecule has 0 aliphatic heterocycles. The molecule has 0 aliphatic carbocycles. The molecule has 0 atom stereocenters. The summed E-state index contributed by atoms with van der Waals surface area (Å²) in [5, 5.41) is 3.88. The van der Waals surface area contributed by atoms with E-state index in [-0.39, 0.29) is 5.88 Å². The SMILES string of the molecule is CC(C)Cc1ccc(-c2noc(CCl)n2)cc1. The van der Waals surface area contributed by atoms with E-state index >= 15 is 0 Å². The third-order valence-corrected chi connectivity index (χ3v) is 2.67. The summed E-state index contributed by atoms with van der Waals surface area (Å²) in [6, 6.07) is 8.24. The van der Waals surface area contributed by atoms with Crippen LogP contribution in [-0.2, 0) is 12.3 Å². The van der Waals surface area contributed by atoms with Crippen LogP contribution in [0.25, 0.3) is 11.4 Å². The van der Waals surface area contributed by atoms with Crippen molar-refractivity contribution >= 4 is 11.6 Å². The van der Waals surface area contributed by atoms with Gasteiger partial charge in [-0.1, -0.05) is 43.3 Å². The summed E-state index contributed by atoms with van der Waals surface area (Å²) >= 11 is 5.61. The smallest absolute Gasteiger partial charge is 0.241 e. The van der Waals surface area contributed by atoms with E-state index in [9.17, 15) is 0 Å². The molecule has 3 nitrogen and oxygen atoms in total. The molecule has 2 rings (SSSR count). The Bertz CT molecular complexity index is 476. The molecule has 0 bridgehead atoms. The van der Waals surface area contributed by atoms with Crippen molar-refractivity contribution in [3.8, 4) is 11.4 Å². The lowest BCUT2D eigenvalue weighted by Crippen LogP contribution is -1.93. The molecule has 0 saturated carbocycles. The summed E-state index contributed by atoms with van der Waals surface area (Å²) in [7, 11) is 0. The van der Waals surface area contributed by atoms with Crippen LogP contribution >= 0.6 is 11.6 Å². The molecule has 0 aliphatic rings. The molecule has 90 valence electrons. The second-order valence-electron chi connectivity index (χ2n) is 4.44. The second-order valence-corrected chi connectivity index (χ2v) is 4.71. The molecule has 0 spiro atoms. The molecule has 4 heteroatoms. The van der Waals surface area contributed by atoms with Gasteiger partial charge in [0.05, 0.1) is 0 Å². The fourth-order valence-corrected chi connectivity index (χ4v) is 1.80. The number of nitrogens with zero attached hydrogens (tertiary/aromatic N) is 2. The molecule has 2 aromatic rings. The highest BCUT2D eigenvalue weighted by atomic mass is 35.5. The van der Waals surface area contributed by atoms with Crippen LogP contribution in [0, 0.1) is 5.92 Å². The van der Waals surface area contributed by atoms with Gasteiger partial charge in [0.1, 0.15) is 5.88 Å². The van der Waals surface area contributed by atoms with Crippen LogP contribution in [0.3, 0.4) is 0 Å². The predicted molar refractivity (Wildman–Crippen MR) is 67.8 cm³/mol. The summed E-state index contributed by atoms with van der Waals surface area (Å²) in [4.78, 5) is 4.18. The van der Waals surface area contributed by atoms with Crippen LogP contribution < -0.4 is 0 Å². The highest BCUT2D eigenvalue weighted by Gasteiger charge is 2.07. The van der Waals surface area contributed by atoms with Crippen molar-refractivity contribution in [2.75, 3.05) is 0 Å². The van der Waals surface area contributed by atoms with E-state index in [1.54, 1.807) is 0 Å². The van der Waals surface area contributed by atoms with Gasteiger partial charge in [-0.3, -0.25) is 0 Å². The lowest BCUT2D eigenvalue weighted by Gasteiger charge is -2.04. The largest absolute Gasteiger partial charge is 0.338 e. The summed E-state index contributed by atoms with van der Waals surface area (Å²) in [6.45, 7) is 4.42. The van der Waals surface area contributed by atoms with Crippen LogP contribution in [0.4, 0.5) is 0 Å². The molecular formula is C13H15ClN2O. The lowest BCUT2D eigenvalue weighted by atomic mass is 10.0. The maximum Gasteiger partial charge on any atom is 0.241 e. The number of aromatic nitrogens is 2. The zero-order valence-electron chi connectivity index (χ0n) is 9.98. The van der Waals surface area contributed by atoms with Gasteiger partial charge in [0.2, 0.25) is 11.7 Å². The van der Waals surface area contributed by atoms with E-state index < -0.39 is 0 Å². The monoisotopic (exact) mass is 250 g/mol. The van der Waals surface area contributed by atoms with Gasteiger partial charge in [0.25, 0.3) is 0 Å². The van der Waals surface area contributed by atoms with Gasteiger partial charge in [0, 0.05) is 5.56 Å². The first-order valence-electron chi connectivity index (χ1n) is 5.67. The maximum absolute atomic E-state index is 5.61. The van der Waals surface area contributed by atoms with Gasteiger partial charge in [-0.2, -0.15) is 4.98 Å². The van der Waals surface area contributed by atoms with E-state index in [0.29, 0.717) is 17.6 Å². The summed E-state index contributed by atoms with van der Waals surface area (Å²) < 4.78 is 4.97. The quantitative estimate of drug-likeness (QED) is 0.777. The van der Waals surface area contributed by atoms with Crippen LogP contribution in [0.2, 0.25) is 0 Å². The Morgan fingerprint density at radius 1 is 1.24 bits per heavy atom. The van der Waals surface area contributed by atoms with E-state index in [2.05, 4.69) is 36.1 Å². The fourth-order valence-electron chi connectivity index (χ4n) is 1.69. The Kier molecular flexibility index (Phi) is 3.79. The van der Waals surface area contributed by atoms with E-state index in [0.717, 1.165) is 12.0 Å². The predicted octanol–water partition coefficient (Wildman–Crippen LogP) is 3.67. The third kappa shape index (κ3) is 3.07. The Morgan fingerprint density at radius 3 is 2.47 bits per heavy atom. The Hall–Kier alpha value is -1.35. The first-order chi connectivity index (χ1) is 8.19. The number of hydrogen-bond donors (Lipinski definition) is 0. The van der Waals surface area contributed by atoms with Crippen molar-refractivity contribution in [1.29, 1.82) is 0 Å². The van der Waals surface area contributed by atoms with E-state index in [1.807, 2.05) is 12.1 Å². The second kappa shape index (κ2) is 5.32. The highest BCUT2D eigenvalue weighted by molar-refractivity contribution is 6.16. The average Bonchev–Trinajstić information content (AvgIpc) is 2.78. The number of benzene rings is 1. The van der Waals surface area contributed by atoms with Crippen LogP contribution in [0.1, 0.15) is 25.3 Å². The molecule has 0 saturated heterocycles. The molecule has 0 fully saturated rings. The van der Waals surface area contributed by atoms with E-state index in [4.69, 9.17) is 16.1 Å². The minimum Gasteiger partial charge on any atom is -0.338 e. The molecule has 0 unspecified atom stereocenters. The minimum absolute atomic E-state index is 0.248. The molecule has 1 aromatic carbocycles. The third-order valence-electron chi connectivity index (χ3n) is 2.44. The number of halogens is 1. The first-order valence-corrected chi connectivity index (χ1v) is 6.20. The standard InChI is InChI=1S/C13H15ClN2O/c1-9(2)7-10-3-5-11(6-4-10)13-15-12(8-14)17-16-13/h3-6,9H,7-8H2,1-2H3. The van der Waals surface area contributed by atoms with Gasteiger partial charge < -0.3 is 4.52 Å². The molecule has 17 heavy (non-hydrogen) atoms. The highest BCUT2D eigenvalue weighted by Crippen LogP contribution is 2.18. The molecule has 0 amide bonds. The first kappa shape index (κ1) is 12.1. The van der Waals surface area contributed by atoms with Gasteiger partial charge in [-0.05, 0) is 17.9 Å². The van der Waals surface area contributed by atoms with Crippen molar-refractivity contribution in [3.05, 3.63) is 35.7 Å². The molecule has 1 aromatic heterocycles. The summed E-state index contributed by atoms with van der Waals surface area (Å²) in [5.74, 6) is 1.96. The van der Waals surface area contributed by atoms with Crippen LogP contribution in [0.15, 0.2) is 28.8 Å². The molecular weight excluding hydrogens is 236 g/mol. The van der Waals surface area contributed by atoms with Gasteiger partial charge >= 0.3 is 0 Å². The maximum atomic E-state index is 5.61. The fraction of sp³-hybridized carbons (Fsp3) is 0.385. The average molecular weight is 251 g/mol. The Balaban J connectivity index is 2.17. The van der Waals surface area contributed by atoms with E-state index in [1.165, 1.54) is 5.56 Å². The van der Waals surface area contributed by atoms with Gasteiger partial charge in [-0.15, -0.1) is 11.6 Å². The topological polar surface area (TPSA) is 38.9 Å². The van der Waals surface area contributed by atoms with Gasteiger partial charge in [-0.25, -0.2) is 0 Å². The zero-order valence-corrected chi connectivity index (χ0v) is 10.7. The Morgan fingerprint density at radius 2 is 1.94 bits per heavy atom. The molecule has 0 N–H and O–H groups in total. The van der Waals surface area contributed by atoms with Gasteiger partial charge in [0.15, 0.2) is 0 Å². The Labute approximate surface area is 106 Å². The van der Waals surface area contributed by atoms with Crippen molar-refractivity contribution in [3.63, 3.8) is 0 Å². The number of hydrogen-bond acceptors (Lipinski definition) is 3. The number of alkyl halides is 1.